The third-order valence-electron chi connectivity index (χ3n) is 4.44. The highest BCUT2D eigenvalue weighted by Gasteiger charge is 2.17. The summed E-state index contributed by atoms with van der Waals surface area (Å²) in [7, 11) is 0. The van der Waals surface area contributed by atoms with Gasteiger partial charge in [-0.05, 0) is 43.7 Å². The van der Waals surface area contributed by atoms with E-state index in [0.29, 0.717) is 12.1 Å². The van der Waals surface area contributed by atoms with Gasteiger partial charge in [-0.25, -0.2) is 9.67 Å². The Bertz CT molecular complexity index is 1050. The summed E-state index contributed by atoms with van der Waals surface area (Å²) in [6.07, 6.45) is 5.41. The zero-order chi connectivity index (χ0) is 18.8. The molecule has 3 heterocycles. The van der Waals surface area contributed by atoms with Gasteiger partial charge in [0.2, 0.25) is 0 Å². The van der Waals surface area contributed by atoms with E-state index in [0.717, 1.165) is 27.8 Å². The van der Waals surface area contributed by atoms with Gasteiger partial charge in [0.25, 0.3) is 5.91 Å². The van der Waals surface area contributed by atoms with Crippen LogP contribution in [0.4, 0.5) is 0 Å². The molecule has 0 saturated heterocycles. The molecular formula is C20H19N5OS. The first-order valence-corrected chi connectivity index (χ1v) is 9.47. The van der Waals surface area contributed by atoms with Crippen molar-refractivity contribution in [2.45, 2.75) is 20.4 Å². The molecular weight excluding hydrogens is 358 g/mol. The molecule has 0 aliphatic heterocycles. The van der Waals surface area contributed by atoms with Crippen molar-refractivity contribution in [3.05, 3.63) is 82.9 Å². The summed E-state index contributed by atoms with van der Waals surface area (Å²) in [4.78, 5) is 17.0. The number of amides is 1. The first-order chi connectivity index (χ1) is 13.1. The summed E-state index contributed by atoms with van der Waals surface area (Å²) in [6.45, 7) is 4.40. The molecule has 27 heavy (non-hydrogen) atoms. The fraction of sp³-hybridized carbons (Fsp3) is 0.150. The van der Waals surface area contributed by atoms with Gasteiger partial charge in [0.15, 0.2) is 5.13 Å². The minimum atomic E-state index is -0.0814. The molecule has 4 rings (SSSR count). The summed E-state index contributed by atoms with van der Waals surface area (Å²) < 4.78 is 3.81. The van der Waals surface area contributed by atoms with E-state index in [1.165, 1.54) is 0 Å². The van der Waals surface area contributed by atoms with Gasteiger partial charge in [-0.2, -0.15) is 5.10 Å². The first-order valence-electron chi connectivity index (χ1n) is 8.59. The van der Waals surface area contributed by atoms with Crippen LogP contribution in [0.15, 0.2) is 60.4 Å². The Balaban J connectivity index is 1.46. The number of hydrogen-bond acceptors (Lipinski definition) is 4. The van der Waals surface area contributed by atoms with Crippen molar-refractivity contribution < 1.29 is 4.79 Å². The Morgan fingerprint density at radius 3 is 2.67 bits per heavy atom. The number of carbonyl (C=O) groups is 1. The van der Waals surface area contributed by atoms with Gasteiger partial charge in [0, 0.05) is 41.9 Å². The molecule has 0 fully saturated rings. The minimum absolute atomic E-state index is 0.0814. The van der Waals surface area contributed by atoms with Gasteiger partial charge >= 0.3 is 0 Å². The lowest BCUT2D eigenvalue weighted by molar-refractivity contribution is 0.0950. The molecule has 3 aromatic heterocycles. The van der Waals surface area contributed by atoms with Gasteiger partial charge < -0.3 is 5.32 Å². The lowest BCUT2D eigenvalue weighted by atomic mass is 10.2. The number of aromatic nitrogens is 4. The molecule has 0 saturated carbocycles. The van der Waals surface area contributed by atoms with E-state index in [1.807, 2.05) is 66.4 Å². The van der Waals surface area contributed by atoms with Crippen molar-refractivity contribution in [3.8, 4) is 10.8 Å². The molecule has 136 valence electrons. The quantitative estimate of drug-likeness (QED) is 0.577. The standard InChI is InChI=1S/C20H19N5OS/c1-14-12-18(15(2)25(14)20-21-9-11-27-20)19(26)22-13-16-4-6-17(7-5-16)24-10-3-8-23-24/h3-12H,13H2,1-2H3,(H,22,26). The van der Waals surface area contributed by atoms with Crippen LogP contribution in [0.5, 0.6) is 0 Å². The molecule has 1 aromatic carbocycles. The summed E-state index contributed by atoms with van der Waals surface area (Å²) in [5.41, 5.74) is 4.59. The Kier molecular flexibility index (Phi) is 4.60. The van der Waals surface area contributed by atoms with Crippen LogP contribution >= 0.6 is 11.3 Å². The van der Waals surface area contributed by atoms with Crippen LogP contribution < -0.4 is 5.32 Å². The maximum Gasteiger partial charge on any atom is 0.253 e. The maximum absolute atomic E-state index is 12.7. The zero-order valence-corrected chi connectivity index (χ0v) is 15.9. The van der Waals surface area contributed by atoms with Crippen LogP contribution in [0, 0.1) is 13.8 Å². The number of nitrogens with zero attached hydrogens (tertiary/aromatic N) is 4. The molecule has 1 amide bonds. The summed E-state index contributed by atoms with van der Waals surface area (Å²) >= 11 is 1.55. The van der Waals surface area contributed by atoms with E-state index < -0.39 is 0 Å². The van der Waals surface area contributed by atoms with E-state index in [4.69, 9.17) is 0 Å². The molecule has 0 unspecified atom stereocenters. The Labute approximate surface area is 161 Å². The predicted octanol–water partition coefficient (Wildman–Crippen LogP) is 3.67. The van der Waals surface area contributed by atoms with Crippen LogP contribution in [-0.4, -0.2) is 25.2 Å². The Morgan fingerprint density at radius 1 is 1.19 bits per heavy atom. The van der Waals surface area contributed by atoms with Crippen LogP contribution in [0.1, 0.15) is 27.3 Å². The molecule has 0 spiro atoms. The van der Waals surface area contributed by atoms with Crippen molar-refractivity contribution >= 4 is 17.2 Å². The number of nitrogens with one attached hydrogen (secondary N) is 1. The number of hydrogen-bond donors (Lipinski definition) is 1. The highest BCUT2D eigenvalue weighted by atomic mass is 32.1. The number of aryl methyl sites for hydroxylation is 1. The highest BCUT2D eigenvalue weighted by Crippen LogP contribution is 2.22. The summed E-state index contributed by atoms with van der Waals surface area (Å²) in [5.74, 6) is -0.0814. The fourth-order valence-corrected chi connectivity index (χ4v) is 3.83. The lowest BCUT2D eigenvalue weighted by Gasteiger charge is -2.08. The molecule has 0 radical (unpaired) electrons. The maximum atomic E-state index is 12.7. The van der Waals surface area contributed by atoms with Crippen molar-refractivity contribution in [1.82, 2.24) is 24.6 Å². The van der Waals surface area contributed by atoms with E-state index >= 15 is 0 Å². The second kappa shape index (κ2) is 7.20. The average molecular weight is 377 g/mol. The highest BCUT2D eigenvalue weighted by molar-refractivity contribution is 7.12. The topological polar surface area (TPSA) is 64.7 Å². The zero-order valence-electron chi connectivity index (χ0n) is 15.1. The number of benzene rings is 1. The Hall–Kier alpha value is -3.19. The molecule has 6 nitrogen and oxygen atoms in total. The Morgan fingerprint density at radius 2 is 2.00 bits per heavy atom. The van der Waals surface area contributed by atoms with E-state index in [9.17, 15) is 4.79 Å². The van der Waals surface area contributed by atoms with E-state index in [1.54, 1.807) is 28.4 Å². The molecule has 0 aliphatic carbocycles. The van der Waals surface area contributed by atoms with Gasteiger partial charge in [-0.15, -0.1) is 11.3 Å². The van der Waals surface area contributed by atoms with Gasteiger partial charge in [-0.3, -0.25) is 9.36 Å². The average Bonchev–Trinajstić information content (AvgIpc) is 3.42. The van der Waals surface area contributed by atoms with Crippen molar-refractivity contribution in [1.29, 1.82) is 0 Å². The number of thiazole rings is 1. The molecule has 0 bridgehead atoms. The van der Waals surface area contributed by atoms with Gasteiger partial charge in [0.05, 0.1) is 11.3 Å². The van der Waals surface area contributed by atoms with Crippen LogP contribution in [-0.2, 0) is 6.54 Å². The fourth-order valence-electron chi connectivity index (χ4n) is 3.08. The second-order valence-corrected chi connectivity index (χ2v) is 7.11. The minimum Gasteiger partial charge on any atom is -0.348 e. The van der Waals surface area contributed by atoms with Gasteiger partial charge in [-0.1, -0.05) is 12.1 Å². The normalized spacial score (nSPS) is 10.9. The summed E-state index contributed by atoms with van der Waals surface area (Å²) in [5, 5.41) is 10.0. The monoisotopic (exact) mass is 377 g/mol. The number of rotatable bonds is 5. The van der Waals surface area contributed by atoms with Crippen LogP contribution in [0.25, 0.3) is 10.8 Å². The van der Waals surface area contributed by atoms with Crippen LogP contribution in [0.3, 0.4) is 0 Å². The van der Waals surface area contributed by atoms with Crippen LogP contribution in [0.2, 0.25) is 0 Å². The van der Waals surface area contributed by atoms with Crippen molar-refractivity contribution in [3.63, 3.8) is 0 Å². The SMILES string of the molecule is Cc1cc(C(=O)NCc2ccc(-n3cccn3)cc2)c(C)n1-c1nccs1. The lowest BCUT2D eigenvalue weighted by Crippen LogP contribution is -2.23. The van der Waals surface area contributed by atoms with E-state index in [-0.39, 0.29) is 5.91 Å². The third-order valence-corrected chi connectivity index (χ3v) is 5.20. The first kappa shape index (κ1) is 17.2. The van der Waals surface area contributed by atoms with Crippen molar-refractivity contribution in [2.24, 2.45) is 0 Å². The van der Waals surface area contributed by atoms with Crippen molar-refractivity contribution in [2.75, 3.05) is 0 Å². The van der Waals surface area contributed by atoms with Gasteiger partial charge in [0.1, 0.15) is 0 Å². The molecule has 1 N–H and O–H groups in total. The predicted molar refractivity (Wildman–Crippen MR) is 106 cm³/mol. The third kappa shape index (κ3) is 3.41. The van der Waals surface area contributed by atoms with E-state index in [2.05, 4.69) is 15.4 Å². The summed E-state index contributed by atoms with van der Waals surface area (Å²) in [6, 6.07) is 11.8. The smallest absolute Gasteiger partial charge is 0.253 e. The second-order valence-electron chi connectivity index (χ2n) is 6.23. The largest absolute Gasteiger partial charge is 0.348 e. The molecule has 7 heteroatoms. The molecule has 0 aliphatic rings. The number of carbonyl (C=O) groups excluding carboxylic acids is 1. The molecule has 4 aromatic rings. The molecule has 0 atom stereocenters.